The molecule has 66 valence electrons. The smallest absolute Gasteiger partial charge is 0.131 e. The van der Waals surface area contributed by atoms with Crippen LogP contribution in [0.3, 0.4) is 0 Å². The average molecular weight is 237 g/mol. The summed E-state index contributed by atoms with van der Waals surface area (Å²) in [5.74, 6) is 5.68. The fourth-order valence-corrected chi connectivity index (χ4v) is 1.16. The second-order valence-electron chi connectivity index (χ2n) is 2.64. The molecule has 0 unspecified atom stereocenters. The Hall–Kier alpha value is -1.07. The van der Waals surface area contributed by atoms with Gasteiger partial charge in [0.15, 0.2) is 0 Å². The van der Waals surface area contributed by atoms with Crippen LogP contribution >= 0.6 is 15.9 Å². The topological polar surface area (TPSA) is 17.1 Å². The molecule has 0 aliphatic carbocycles. The number of aldehydes is 1. The summed E-state index contributed by atoms with van der Waals surface area (Å²) in [7, 11) is 0. The van der Waals surface area contributed by atoms with E-state index in [2.05, 4.69) is 27.8 Å². The van der Waals surface area contributed by atoms with Crippen LogP contribution < -0.4 is 0 Å². The largest absolute Gasteiger partial charge is 0.302 e. The van der Waals surface area contributed by atoms with Gasteiger partial charge in [0, 0.05) is 10.0 Å². The second-order valence-corrected chi connectivity index (χ2v) is 3.49. The first-order chi connectivity index (χ1) is 6.24. The molecule has 0 aliphatic rings. The van der Waals surface area contributed by atoms with Crippen molar-refractivity contribution in [3.8, 4) is 11.8 Å². The zero-order valence-corrected chi connectivity index (χ0v) is 8.89. The Morgan fingerprint density at radius 3 is 2.92 bits per heavy atom. The molecular weight excluding hydrogens is 228 g/mol. The van der Waals surface area contributed by atoms with E-state index in [9.17, 15) is 4.79 Å². The molecule has 0 saturated heterocycles. The Morgan fingerprint density at radius 2 is 2.31 bits per heavy atom. The highest BCUT2D eigenvalue weighted by atomic mass is 79.9. The summed E-state index contributed by atoms with van der Waals surface area (Å²) >= 11 is 3.41. The summed E-state index contributed by atoms with van der Waals surface area (Å²) in [4.78, 5) is 10.0. The molecule has 1 rings (SSSR count). The van der Waals surface area contributed by atoms with Crippen LogP contribution in [0.1, 0.15) is 17.5 Å². The van der Waals surface area contributed by atoms with Crippen molar-refractivity contribution in [1.29, 1.82) is 0 Å². The number of hydrogen-bond acceptors (Lipinski definition) is 1. The Labute approximate surface area is 86.3 Å². The Morgan fingerprint density at radius 1 is 1.54 bits per heavy atom. The summed E-state index contributed by atoms with van der Waals surface area (Å²) in [6.07, 6.45) is 1.10. The monoisotopic (exact) mass is 236 g/mol. The van der Waals surface area contributed by atoms with Crippen molar-refractivity contribution in [2.45, 2.75) is 13.3 Å². The minimum Gasteiger partial charge on any atom is -0.302 e. The van der Waals surface area contributed by atoms with Crippen molar-refractivity contribution in [1.82, 2.24) is 0 Å². The first-order valence-electron chi connectivity index (χ1n) is 3.92. The van der Waals surface area contributed by atoms with E-state index in [1.165, 1.54) is 0 Å². The lowest BCUT2D eigenvalue weighted by molar-refractivity contribution is -0.107. The van der Waals surface area contributed by atoms with Gasteiger partial charge in [-0.05, 0) is 30.7 Å². The van der Waals surface area contributed by atoms with Crippen LogP contribution in [0.25, 0.3) is 0 Å². The van der Waals surface area contributed by atoms with Gasteiger partial charge in [-0.1, -0.05) is 27.8 Å². The van der Waals surface area contributed by atoms with Gasteiger partial charge in [-0.2, -0.15) is 0 Å². The van der Waals surface area contributed by atoms with Gasteiger partial charge in [0.25, 0.3) is 0 Å². The van der Waals surface area contributed by atoms with E-state index in [0.29, 0.717) is 6.42 Å². The summed E-state index contributed by atoms with van der Waals surface area (Å²) in [6.45, 7) is 2.01. The number of hydrogen-bond donors (Lipinski definition) is 0. The van der Waals surface area contributed by atoms with Gasteiger partial charge in [0.05, 0.1) is 6.42 Å². The summed E-state index contributed by atoms with van der Waals surface area (Å²) in [5, 5.41) is 0. The van der Waals surface area contributed by atoms with Gasteiger partial charge in [-0.3, -0.25) is 0 Å². The van der Waals surface area contributed by atoms with E-state index in [4.69, 9.17) is 0 Å². The molecule has 0 bridgehead atoms. The van der Waals surface area contributed by atoms with Crippen LogP contribution in [0, 0.1) is 18.8 Å². The van der Waals surface area contributed by atoms with Gasteiger partial charge >= 0.3 is 0 Å². The van der Waals surface area contributed by atoms with Crippen molar-refractivity contribution in [3.63, 3.8) is 0 Å². The summed E-state index contributed by atoms with van der Waals surface area (Å²) < 4.78 is 1.08. The third-order valence-electron chi connectivity index (χ3n) is 1.58. The van der Waals surface area contributed by atoms with E-state index in [1.54, 1.807) is 0 Å². The molecule has 0 heterocycles. The zero-order valence-electron chi connectivity index (χ0n) is 7.30. The summed E-state index contributed by atoms with van der Waals surface area (Å²) in [5.41, 5.74) is 2.10. The van der Waals surface area contributed by atoms with E-state index < -0.39 is 0 Å². The van der Waals surface area contributed by atoms with Gasteiger partial charge in [0.2, 0.25) is 0 Å². The summed E-state index contributed by atoms with van der Waals surface area (Å²) in [6, 6.07) is 5.87. The molecular formula is C11H9BrO. The fraction of sp³-hybridized carbons (Fsp3) is 0.182. The van der Waals surface area contributed by atoms with E-state index in [0.717, 1.165) is 21.9 Å². The fourth-order valence-electron chi connectivity index (χ4n) is 0.917. The molecule has 0 aromatic heterocycles. The van der Waals surface area contributed by atoms with Crippen molar-refractivity contribution < 1.29 is 4.79 Å². The number of carbonyl (C=O) groups is 1. The molecule has 1 aromatic rings. The van der Waals surface area contributed by atoms with Gasteiger partial charge < -0.3 is 4.79 Å². The molecule has 0 radical (unpaired) electrons. The number of carbonyl (C=O) groups excluding carboxylic acids is 1. The molecule has 0 aliphatic heterocycles. The van der Waals surface area contributed by atoms with Crippen LogP contribution in [0.15, 0.2) is 22.7 Å². The first kappa shape index (κ1) is 10.0. The lowest BCUT2D eigenvalue weighted by Gasteiger charge is -1.96. The van der Waals surface area contributed by atoms with E-state index >= 15 is 0 Å². The molecule has 0 N–H and O–H groups in total. The molecule has 13 heavy (non-hydrogen) atoms. The molecule has 1 nitrogen and oxygen atoms in total. The maximum absolute atomic E-state index is 10.0. The second kappa shape index (κ2) is 4.84. The minimum absolute atomic E-state index is 0.301. The number of halogens is 1. The molecule has 0 spiro atoms. The highest BCUT2D eigenvalue weighted by Crippen LogP contribution is 2.16. The normalized spacial score (nSPS) is 8.77. The number of rotatable bonds is 1. The van der Waals surface area contributed by atoms with E-state index in [1.807, 2.05) is 25.1 Å². The van der Waals surface area contributed by atoms with Crippen molar-refractivity contribution in [2.75, 3.05) is 0 Å². The molecule has 2 heteroatoms. The highest BCUT2D eigenvalue weighted by molar-refractivity contribution is 9.10. The standard InChI is InChI=1S/C11H9BrO/c1-9-8-10(4-2-3-7-13)5-6-11(9)12/h5-8H,3H2,1H3. The zero-order chi connectivity index (χ0) is 9.68. The molecule has 0 fully saturated rings. The van der Waals surface area contributed by atoms with Crippen molar-refractivity contribution in [3.05, 3.63) is 33.8 Å². The van der Waals surface area contributed by atoms with Crippen molar-refractivity contribution in [2.24, 2.45) is 0 Å². The Balaban J connectivity index is 2.87. The van der Waals surface area contributed by atoms with Crippen LogP contribution in [-0.2, 0) is 4.79 Å². The van der Waals surface area contributed by atoms with Crippen LogP contribution in [0.2, 0.25) is 0 Å². The SMILES string of the molecule is Cc1cc(C#CCC=O)ccc1Br. The molecule has 1 aromatic carbocycles. The van der Waals surface area contributed by atoms with Crippen LogP contribution in [-0.4, -0.2) is 6.29 Å². The average Bonchev–Trinajstić information content (AvgIpc) is 2.12. The Bertz CT molecular complexity index is 371. The third-order valence-corrected chi connectivity index (χ3v) is 2.47. The van der Waals surface area contributed by atoms with Gasteiger partial charge in [0.1, 0.15) is 6.29 Å². The highest BCUT2D eigenvalue weighted by Gasteiger charge is 1.93. The maximum Gasteiger partial charge on any atom is 0.131 e. The number of benzene rings is 1. The van der Waals surface area contributed by atoms with Crippen LogP contribution in [0.5, 0.6) is 0 Å². The lowest BCUT2D eigenvalue weighted by atomic mass is 10.1. The van der Waals surface area contributed by atoms with Crippen molar-refractivity contribution >= 4 is 22.2 Å². The lowest BCUT2D eigenvalue weighted by Crippen LogP contribution is -1.79. The third kappa shape index (κ3) is 3.04. The molecule has 0 atom stereocenters. The predicted octanol–water partition coefficient (Wildman–Crippen LogP) is 2.70. The first-order valence-corrected chi connectivity index (χ1v) is 4.72. The maximum atomic E-state index is 10.0. The van der Waals surface area contributed by atoms with Gasteiger partial charge in [-0.25, -0.2) is 0 Å². The van der Waals surface area contributed by atoms with E-state index in [-0.39, 0.29) is 0 Å². The molecule has 0 amide bonds. The minimum atomic E-state index is 0.301. The van der Waals surface area contributed by atoms with Gasteiger partial charge in [-0.15, -0.1) is 0 Å². The number of aryl methyl sites for hydroxylation is 1. The molecule has 0 saturated carbocycles. The van der Waals surface area contributed by atoms with Crippen LogP contribution in [0.4, 0.5) is 0 Å². The quantitative estimate of drug-likeness (QED) is 0.542. The Kier molecular flexibility index (Phi) is 3.72. The predicted molar refractivity (Wildman–Crippen MR) is 56.4 cm³/mol.